The Bertz CT molecular complexity index is 115. The molecule has 0 saturated carbocycles. The molecule has 0 bridgehead atoms. The molecule has 3 heteroatoms. The third-order valence-corrected chi connectivity index (χ3v) is 2.00. The molecule has 4 atom stereocenters. The number of ether oxygens (including phenoxy) is 1. The molecule has 0 aromatic rings. The highest BCUT2D eigenvalue weighted by Gasteiger charge is 2.38. The molecule has 0 amide bonds. The van der Waals surface area contributed by atoms with Crippen molar-refractivity contribution in [2.75, 3.05) is 0 Å². The molecule has 0 spiro atoms. The van der Waals surface area contributed by atoms with Gasteiger partial charge in [0.2, 0.25) is 0 Å². The van der Waals surface area contributed by atoms with Gasteiger partial charge >= 0.3 is 0 Å². The lowest BCUT2D eigenvalue weighted by Gasteiger charge is -2.10. The first kappa shape index (κ1) is 7.98. The van der Waals surface area contributed by atoms with Gasteiger partial charge < -0.3 is 14.9 Å². The summed E-state index contributed by atoms with van der Waals surface area (Å²) in [6, 6.07) is 0. The average Bonchev–Trinajstić information content (AvgIpc) is 2.17. The maximum Gasteiger partial charge on any atom is 0.108 e. The van der Waals surface area contributed by atoms with Gasteiger partial charge in [-0.05, 0) is 13.3 Å². The van der Waals surface area contributed by atoms with Gasteiger partial charge in [0.05, 0.1) is 12.2 Å². The first-order chi connectivity index (χ1) is 4.66. The van der Waals surface area contributed by atoms with Crippen LogP contribution in [0.3, 0.4) is 0 Å². The summed E-state index contributed by atoms with van der Waals surface area (Å²) in [4.78, 5) is 0. The zero-order chi connectivity index (χ0) is 7.72. The quantitative estimate of drug-likeness (QED) is 0.543. The summed E-state index contributed by atoms with van der Waals surface area (Å²) in [5.41, 5.74) is 0. The van der Waals surface area contributed by atoms with Crippen molar-refractivity contribution < 1.29 is 14.9 Å². The number of rotatable bonds is 1. The van der Waals surface area contributed by atoms with Gasteiger partial charge in [-0.15, -0.1) is 0 Å². The van der Waals surface area contributed by atoms with Gasteiger partial charge in [-0.25, -0.2) is 0 Å². The topological polar surface area (TPSA) is 49.7 Å². The normalized spacial score (nSPS) is 48.0. The first-order valence-corrected chi connectivity index (χ1v) is 3.68. The van der Waals surface area contributed by atoms with E-state index in [-0.39, 0.29) is 12.2 Å². The van der Waals surface area contributed by atoms with Crippen LogP contribution in [-0.4, -0.2) is 34.6 Å². The highest BCUT2D eigenvalue weighted by Crippen LogP contribution is 2.22. The standard InChI is InChI=1S/C7H14O3/c1-3-5-7(9)6(8)4(2)10-5/h4-9H,3H2,1-2H3/t4-,5+,6+,7?/m0/s1. The van der Waals surface area contributed by atoms with Gasteiger partial charge in [0.15, 0.2) is 0 Å². The van der Waals surface area contributed by atoms with Crippen molar-refractivity contribution in [2.45, 2.75) is 44.7 Å². The van der Waals surface area contributed by atoms with Gasteiger partial charge in [-0.1, -0.05) is 6.92 Å². The zero-order valence-corrected chi connectivity index (χ0v) is 6.32. The van der Waals surface area contributed by atoms with Gasteiger partial charge in [-0.2, -0.15) is 0 Å². The van der Waals surface area contributed by atoms with E-state index in [1.165, 1.54) is 0 Å². The van der Waals surface area contributed by atoms with Crippen LogP contribution in [0.25, 0.3) is 0 Å². The molecular formula is C7H14O3. The van der Waals surface area contributed by atoms with Crippen LogP contribution in [0.15, 0.2) is 0 Å². The van der Waals surface area contributed by atoms with E-state index in [9.17, 15) is 10.2 Å². The monoisotopic (exact) mass is 146 g/mol. The van der Waals surface area contributed by atoms with Gasteiger partial charge in [0.25, 0.3) is 0 Å². The fourth-order valence-corrected chi connectivity index (χ4v) is 1.27. The molecule has 1 aliphatic heterocycles. The maximum absolute atomic E-state index is 9.25. The van der Waals surface area contributed by atoms with Crippen molar-refractivity contribution in [1.29, 1.82) is 0 Å². The predicted molar refractivity (Wildman–Crippen MR) is 36.6 cm³/mol. The van der Waals surface area contributed by atoms with Crippen LogP contribution in [-0.2, 0) is 4.74 Å². The van der Waals surface area contributed by atoms with Crippen LogP contribution in [0.5, 0.6) is 0 Å². The van der Waals surface area contributed by atoms with Crippen LogP contribution < -0.4 is 0 Å². The number of aliphatic hydroxyl groups excluding tert-OH is 2. The van der Waals surface area contributed by atoms with E-state index >= 15 is 0 Å². The minimum atomic E-state index is -0.704. The molecule has 10 heavy (non-hydrogen) atoms. The van der Waals surface area contributed by atoms with Crippen LogP contribution in [0, 0.1) is 0 Å². The zero-order valence-electron chi connectivity index (χ0n) is 6.32. The molecule has 0 aromatic carbocycles. The first-order valence-electron chi connectivity index (χ1n) is 3.68. The second-order valence-corrected chi connectivity index (χ2v) is 2.77. The van der Waals surface area contributed by atoms with E-state index in [0.717, 1.165) is 6.42 Å². The summed E-state index contributed by atoms with van der Waals surface area (Å²) in [7, 11) is 0. The van der Waals surface area contributed by atoms with Crippen molar-refractivity contribution in [3.63, 3.8) is 0 Å². The van der Waals surface area contributed by atoms with Gasteiger partial charge in [0, 0.05) is 0 Å². The molecule has 0 radical (unpaired) electrons. The number of hydrogen-bond donors (Lipinski definition) is 2. The molecule has 1 unspecified atom stereocenters. The third kappa shape index (κ3) is 1.17. The lowest BCUT2D eigenvalue weighted by atomic mass is 10.1. The minimum Gasteiger partial charge on any atom is -0.388 e. The van der Waals surface area contributed by atoms with E-state index in [1.807, 2.05) is 6.92 Å². The van der Waals surface area contributed by atoms with E-state index < -0.39 is 12.2 Å². The molecule has 1 rings (SSSR count). The van der Waals surface area contributed by atoms with Crippen molar-refractivity contribution in [3.8, 4) is 0 Å². The van der Waals surface area contributed by atoms with E-state index in [4.69, 9.17) is 4.74 Å². The smallest absolute Gasteiger partial charge is 0.108 e. The van der Waals surface area contributed by atoms with Crippen LogP contribution in [0.4, 0.5) is 0 Å². The molecule has 3 nitrogen and oxygen atoms in total. The van der Waals surface area contributed by atoms with E-state index in [0.29, 0.717) is 0 Å². The second kappa shape index (κ2) is 2.86. The fraction of sp³-hybridized carbons (Fsp3) is 1.00. The Hall–Kier alpha value is -0.120. The van der Waals surface area contributed by atoms with E-state index in [1.54, 1.807) is 6.92 Å². The average molecular weight is 146 g/mol. The molecule has 1 fully saturated rings. The molecule has 1 aliphatic rings. The fourth-order valence-electron chi connectivity index (χ4n) is 1.27. The Morgan fingerprint density at radius 2 is 1.90 bits per heavy atom. The highest BCUT2D eigenvalue weighted by molar-refractivity contribution is 4.87. The Morgan fingerprint density at radius 1 is 1.30 bits per heavy atom. The molecule has 1 saturated heterocycles. The maximum atomic E-state index is 9.25. The van der Waals surface area contributed by atoms with Crippen LogP contribution in [0.1, 0.15) is 20.3 Å². The number of hydrogen-bond acceptors (Lipinski definition) is 3. The number of aliphatic hydroxyl groups is 2. The summed E-state index contributed by atoms with van der Waals surface area (Å²) in [6.45, 7) is 3.70. The lowest BCUT2D eigenvalue weighted by Crippen LogP contribution is -2.31. The van der Waals surface area contributed by atoms with Crippen molar-refractivity contribution in [1.82, 2.24) is 0 Å². The van der Waals surface area contributed by atoms with Crippen molar-refractivity contribution in [2.24, 2.45) is 0 Å². The second-order valence-electron chi connectivity index (χ2n) is 2.77. The molecule has 1 heterocycles. The molecule has 0 aliphatic carbocycles. The van der Waals surface area contributed by atoms with Gasteiger partial charge in [-0.3, -0.25) is 0 Å². The Balaban J connectivity index is 2.53. The third-order valence-electron chi connectivity index (χ3n) is 2.00. The largest absolute Gasteiger partial charge is 0.388 e. The van der Waals surface area contributed by atoms with Crippen molar-refractivity contribution in [3.05, 3.63) is 0 Å². The Labute approximate surface area is 60.6 Å². The minimum absolute atomic E-state index is 0.176. The highest BCUT2D eigenvalue weighted by atomic mass is 16.5. The SMILES string of the molecule is CC[C@H]1O[C@@H](C)[C@@H](O)C1O. The molecule has 60 valence electrons. The molecule has 2 N–H and O–H groups in total. The Morgan fingerprint density at radius 3 is 2.10 bits per heavy atom. The van der Waals surface area contributed by atoms with Crippen LogP contribution in [0.2, 0.25) is 0 Å². The molecule has 0 aromatic heterocycles. The van der Waals surface area contributed by atoms with Crippen molar-refractivity contribution >= 4 is 0 Å². The Kier molecular flexibility index (Phi) is 2.28. The summed E-state index contributed by atoms with van der Waals surface area (Å²) in [6.07, 6.45) is -1.04. The van der Waals surface area contributed by atoms with Crippen LogP contribution >= 0.6 is 0 Å². The molecular weight excluding hydrogens is 132 g/mol. The lowest BCUT2D eigenvalue weighted by molar-refractivity contribution is 0.0144. The summed E-state index contributed by atoms with van der Waals surface area (Å²) in [5.74, 6) is 0. The summed E-state index contributed by atoms with van der Waals surface area (Å²) in [5, 5.41) is 18.4. The summed E-state index contributed by atoms with van der Waals surface area (Å²) < 4.78 is 5.23. The van der Waals surface area contributed by atoms with Gasteiger partial charge in [0.1, 0.15) is 12.2 Å². The summed E-state index contributed by atoms with van der Waals surface area (Å²) >= 11 is 0. The van der Waals surface area contributed by atoms with E-state index in [2.05, 4.69) is 0 Å². The predicted octanol–water partition coefficient (Wildman–Crippen LogP) is -0.0945.